The van der Waals surface area contributed by atoms with Gasteiger partial charge in [-0.3, -0.25) is 14.4 Å². The molecule has 166 valence electrons. The highest BCUT2D eigenvalue weighted by molar-refractivity contribution is 5.76. The molecule has 0 aliphatic carbocycles. The predicted molar refractivity (Wildman–Crippen MR) is 125 cm³/mol. The lowest BCUT2D eigenvalue weighted by molar-refractivity contribution is -0.121. The molecule has 0 aliphatic heterocycles. The van der Waals surface area contributed by atoms with Crippen molar-refractivity contribution in [3.05, 3.63) is 52.8 Å². The first-order chi connectivity index (χ1) is 14.3. The molecule has 0 fully saturated rings. The predicted octanol–water partition coefficient (Wildman–Crippen LogP) is 4.16. The molecule has 1 unspecified atom stereocenters. The summed E-state index contributed by atoms with van der Waals surface area (Å²) in [5, 5.41) is 7.87. The van der Waals surface area contributed by atoms with Crippen LogP contribution in [0, 0.1) is 19.8 Å². The van der Waals surface area contributed by atoms with Crippen molar-refractivity contribution in [1.82, 2.24) is 20.0 Å². The summed E-state index contributed by atoms with van der Waals surface area (Å²) in [5.41, 5.74) is 4.77. The average molecular weight is 413 g/mol. The first-order valence-electron chi connectivity index (χ1n) is 11.4. The second kappa shape index (κ2) is 11.9. The Morgan fingerprint density at radius 1 is 1.13 bits per heavy atom. The maximum atomic E-state index is 12.6. The van der Waals surface area contributed by atoms with Crippen LogP contribution in [0.5, 0.6) is 0 Å². The van der Waals surface area contributed by atoms with E-state index in [1.807, 2.05) is 13.0 Å². The topological polar surface area (TPSA) is 50.2 Å². The fraction of sp³-hybridized carbons (Fsp3) is 0.600. The number of carbonyl (C=O) groups is 1. The van der Waals surface area contributed by atoms with Crippen LogP contribution >= 0.6 is 0 Å². The van der Waals surface area contributed by atoms with Gasteiger partial charge in [0, 0.05) is 31.2 Å². The Morgan fingerprint density at radius 2 is 1.80 bits per heavy atom. The number of aromatic nitrogens is 2. The average Bonchev–Trinajstić information content (AvgIpc) is 2.98. The van der Waals surface area contributed by atoms with Gasteiger partial charge < -0.3 is 5.32 Å². The van der Waals surface area contributed by atoms with E-state index < -0.39 is 0 Å². The molecule has 2 aromatic rings. The second-order valence-electron chi connectivity index (χ2n) is 8.59. The third-order valence-corrected chi connectivity index (χ3v) is 5.85. The summed E-state index contributed by atoms with van der Waals surface area (Å²) in [7, 11) is 0. The van der Waals surface area contributed by atoms with Crippen molar-refractivity contribution in [2.24, 2.45) is 5.92 Å². The lowest BCUT2D eigenvalue weighted by Gasteiger charge is -2.30. The third-order valence-electron chi connectivity index (χ3n) is 5.85. The van der Waals surface area contributed by atoms with Gasteiger partial charge in [-0.1, -0.05) is 58.0 Å². The van der Waals surface area contributed by atoms with Gasteiger partial charge in [0.15, 0.2) is 0 Å². The van der Waals surface area contributed by atoms with E-state index >= 15 is 0 Å². The molecule has 0 spiro atoms. The maximum Gasteiger partial charge on any atom is 0.220 e. The summed E-state index contributed by atoms with van der Waals surface area (Å²) < 4.78 is 2.09. The molecular weight excluding hydrogens is 372 g/mol. The highest BCUT2D eigenvalue weighted by Crippen LogP contribution is 2.16. The first kappa shape index (κ1) is 24.1. The largest absolute Gasteiger partial charge is 0.355 e. The number of nitrogens with zero attached hydrogens (tertiary/aromatic N) is 3. The Labute approximate surface area is 182 Å². The van der Waals surface area contributed by atoms with Gasteiger partial charge in [0.2, 0.25) is 5.91 Å². The molecule has 30 heavy (non-hydrogen) atoms. The molecule has 0 radical (unpaired) electrons. The van der Waals surface area contributed by atoms with E-state index in [-0.39, 0.29) is 5.91 Å². The molecule has 0 saturated carbocycles. The van der Waals surface area contributed by atoms with Crippen molar-refractivity contribution in [3.8, 4) is 0 Å². The number of hydrogen-bond donors (Lipinski definition) is 1. The van der Waals surface area contributed by atoms with Crippen molar-refractivity contribution in [1.29, 1.82) is 0 Å². The maximum absolute atomic E-state index is 12.6. The van der Waals surface area contributed by atoms with E-state index in [0.29, 0.717) is 24.9 Å². The molecule has 2 rings (SSSR count). The van der Waals surface area contributed by atoms with Crippen molar-refractivity contribution in [3.63, 3.8) is 0 Å². The van der Waals surface area contributed by atoms with Gasteiger partial charge in [0.1, 0.15) is 0 Å². The zero-order chi connectivity index (χ0) is 22.1. The van der Waals surface area contributed by atoms with Crippen LogP contribution in [-0.4, -0.2) is 46.3 Å². The van der Waals surface area contributed by atoms with Crippen LogP contribution in [0.15, 0.2) is 30.3 Å². The SMILES string of the molecule is CCN(CC)C(CNC(=O)CCc1c(C)nn(CC(C)C)c1C)Cc1ccccc1. The monoisotopic (exact) mass is 412 g/mol. The molecule has 1 N–H and O–H groups in total. The smallest absolute Gasteiger partial charge is 0.220 e. The number of benzene rings is 1. The molecule has 5 nitrogen and oxygen atoms in total. The lowest BCUT2D eigenvalue weighted by Crippen LogP contribution is -2.45. The summed E-state index contributed by atoms with van der Waals surface area (Å²) in [6.07, 6.45) is 2.20. The van der Waals surface area contributed by atoms with Crippen LogP contribution in [0.25, 0.3) is 0 Å². The quantitative estimate of drug-likeness (QED) is 0.569. The van der Waals surface area contributed by atoms with Crippen LogP contribution in [0.1, 0.15) is 56.6 Å². The van der Waals surface area contributed by atoms with E-state index in [2.05, 4.69) is 78.9 Å². The molecular formula is C25H40N4O. The minimum atomic E-state index is 0.121. The van der Waals surface area contributed by atoms with Gasteiger partial charge in [0.25, 0.3) is 0 Å². The molecule has 0 bridgehead atoms. The first-order valence-corrected chi connectivity index (χ1v) is 11.4. The van der Waals surface area contributed by atoms with Gasteiger partial charge in [-0.05, 0) is 56.8 Å². The molecule has 1 atom stereocenters. The fourth-order valence-corrected chi connectivity index (χ4v) is 4.13. The molecule has 1 aromatic carbocycles. The van der Waals surface area contributed by atoms with Gasteiger partial charge in [-0.25, -0.2) is 0 Å². The molecule has 0 saturated heterocycles. The van der Waals surface area contributed by atoms with E-state index in [9.17, 15) is 4.79 Å². The number of hydrogen-bond acceptors (Lipinski definition) is 3. The molecule has 5 heteroatoms. The minimum absolute atomic E-state index is 0.121. The van der Waals surface area contributed by atoms with E-state index in [1.54, 1.807) is 0 Å². The number of aryl methyl sites for hydroxylation is 1. The van der Waals surface area contributed by atoms with Crippen LogP contribution in [-0.2, 0) is 24.2 Å². The number of carbonyl (C=O) groups excluding carboxylic acids is 1. The van der Waals surface area contributed by atoms with E-state index in [0.717, 1.165) is 38.2 Å². The fourth-order valence-electron chi connectivity index (χ4n) is 4.13. The molecule has 0 aliphatic rings. The van der Waals surface area contributed by atoms with Crippen LogP contribution in [0.3, 0.4) is 0 Å². The van der Waals surface area contributed by atoms with Gasteiger partial charge in [-0.2, -0.15) is 5.10 Å². The summed E-state index contributed by atoms with van der Waals surface area (Å²) in [4.78, 5) is 15.1. The zero-order valence-corrected chi connectivity index (χ0v) is 19.7. The van der Waals surface area contributed by atoms with Gasteiger partial charge >= 0.3 is 0 Å². The Kier molecular flexibility index (Phi) is 9.57. The van der Waals surface area contributed by atoms with Crippen molar-refractivity contribution >= 4 is 5.91 Å². The zero-order valence-electron chi connectivity index (χ0n) is 19.7. The standard InChI is InChI=1S/C25H40N4O/c1-7-28(8-2)23(16-22-12-10-9-11-13-22)17-26-25(30)15-14-24-20(5)27-29(21(24)6)18-19(3)4/h9-13,19,23H,7-8,14-18H2,1-6H3,(H,26,30). The summed E-state index contributed by atoms with van der Waals surface area (Å²) in [5.74, 6) is 0.677. The summed E-state index contributed by atoms with van der Waals surface area (Å²) in [6, 6.07) is 10.8. The Bertz CT molecular complexity index is 778. The Hall–Kier alpha value is -2.14. The van der Waals surface area contributed by atoms with E-state index in [4.69, 9.17) is 0 Å². The lowest BCUT2D eigenvalue weighted by atomic mass is 10.0. The van der Waals surface area contributed by atoms with Crippen LogP contribution in [0.4, 0.5) is 0 Å². The van der Waals surface area contributed by atoms with Gasteiger partial charge in [-0.15, -0.1) is 0 Å². The molecule has 1 heterocycles. The summed E-state index contributed by atoms with van der Waals surface area (Å²) >= 11 is 0. The van der Waals surface area contributed by atoms with Crippen LogP contribution in [0.2, 0.25) is 0 Å². The van der Waals surface area contributed by atoms with Crippen LogP contribution < -0.4 is 5.32 Å². The molecule has 1 amide bonds. The number of rotatable bonds is 12. The number of amides is 1. The second-order valence-corrected chi connectivity index (χ2v) is 8.59. The van der Waals surface area contributed by atoms with Crippen molar-refractivity contribution in [2.45, 2.75) is 73.4 Å². The minimum Gasteiger partial charge on any atom is -0.355 e. The number of likely N-dealkylation sites (N-methyl/N-ethyl adjacent to an activating group) is 1. The highest BCUT2D eigenvalue weighted by atomic mass is 16.1. The normalized spacial score (nSPS) is 12.5. The highest BCUT2D eigenvalue weighted by Gasteiger charge is 2.18. The molecule has 1 aromatic heterocycles. The van der Waals surface area contributed by atoms with Crippen molar-refractivity contribution in [2.75, 3.05) is 19.6 Å². The Morgan fingerprint density at radius 3 is 2.40 bits per heavy atom. The van der Waals surface area contributed by atoms with Gasteiger partial charge in [0.05, 0.1) is 5.69 Å². The van der Waals surface area contributed by atoms with E-state index in [1.165, 1.54) is 16.8 Å². The summed E-state index contributed by atoms with van der Waals surface area (Å²) in [6.45, 7) is 16.5. The van der Waals surface area contributed by atoms with Crippen molar-refractivity contribution < 1.29 is 4.79 Å². The Balaban J connectivity index is 1.93. The number of nitrogens with one attached hydrogen (secondary N) is 1. The third kappa shape index (κ3) is 6.98.